The molecule has 2 heterocycles. The van der Waals surface area contributed by atoms with Crippen molar-refractivity contribution in [1.29, 1.82) is 0 Å². The van der Waals surface area contributed by atoms with Crippen LogP contribution in [0.4, 0.5) is 0 Å². The summed E-state index contributed by atoms with van der Waals surface area (Å²) in [4.78, 5) is 6.36. The van der Waals surface area contributed by atoms with E-state index in [-0.39, 0.29) is 0 Å². The van der Waals surface area contributed by atoms with Crippen LogP contribution in [0.2, 0.25) is 0 Å². The fraction of sp³-hybridized carbons (Fsp3) is 0.667. The summed E-state index contributed by atoms with van der Waals surface area (Å²) >= 11 is 0. The molecule has 4 heteroatoms. The average molecular weight is 138 g/mol. The van der Waals surface area contributed by atoms with Gasteiger partial charge in [-0.05, 0) is 7.05 Å². The van der Waals surface area contributed by atoms with Gasteiger partial charge in [0.15, 0.2) is 0 Å². The first-order chi connectivity index (χ1) is 4.86. The summed E-state index contributed by atoms with van der Waals surface area (Å²) < 4.78 is 1.96. The molecule has 0 fully saturated rings. The van der Waals surface area contributed by atoms with Crippen LogP contribution in [-0.4, -0.2) is 33.3 Å². The van der Waals surface area contributed by atoms with Gasteiger partial charge in [0, 0.05) is 6.54 Å². The minimum Gasteiger partial charge on any atom is -0.297 e. The predicted octanol–water partition coefficient (Wildman–Crippen LogP) is -0.277. The maximum absolute atomic E-state index is 4.12. The van der Waals surface area contributed by atoms with Crippen molar-refractivity contribution in [2.45, 2.75) is 13.1 Å². The molecular weight excluding hydrogens is 128 g/mol. The van der Waals surface area contributed by atoms with E-state index in [4.69, 9.17) is 0 Å². The molecule has 0 amide bonds. The molecule has 1 aromatic rings. The lowest BCUT2D eigenvalue weighted by Gasteiger charge is -2.21. The third-order valence-electron chi connectivity index (χ3n) is 1.80. The first-order valence-corrected chi connectivity index (χ1v) is 3.41. The molecule has 0 radical (unpaired) electrons. The molecule has 0 bridgehead atoms. The second-order valence-corrected chi connectivity index (χ2v) is 2.64. The molecule has 0 atom stereocenters. The zero-order valence-electron chi connectivity index (χ0n) is 5.99. The fourth-order valence-electron chi connectivity index (χ4n) is 1.18. The Hall–Kier alpha value is -0.900. The summed E-state index contributed by atoms with van der Waals surface area (Å²) in [6.07, 6.45) is 1.62. The molecule has 0 unspecified atom stereocenters. The van der Waals surface area contributed by atoms with E-state index in [1.807, 2.05) is 4.68 Å². The fourth-order valence-corrected chi connectivity index (χ4v) is 1.18. The molecule has 0 aromatic carbocycles. The molecule has 54 valence electrons. The van der Waals surface area contributed by atoms with Crippen LogP contribution >= 0.6 is 0 Å². The lowest BCUT2D eigenvalue weighted by molar-refractivity contribution is 0.254. The number of fused-ring (bicyclic) bond motifs is 1. The standard InChI is InChI=1S/C6H10N4/c1-9-2-3-10-6(4-9)7-5-8-10/h5H,2-4H2,1H3. The van der Waals surface area contributed by atoms with Gasteiger partial charge >= 0.3 is 0 Å². The minimum absolute atomic E-state index is 0.931. The van der Waals surface area contributed by atoms with Crippen LogP contribution in [0, 0.1) is 0 Å². The molecule has 1 aliphatic heterocycles. The number of aromatic nitrogens is 3. The molecule has 4 nitrogen and oxygen atoms in total. The van der Waals surface area contributed by atoms with Crippen molar-refractivity contribution in [1.82, 2.24) is 19.7 Å². The van der Waals surface area contributed by atoms with Gasteiger partial charge < -0.3 is 0 Å². The first kappa shape index (κ1) is 5.85. The monoisotopic (exact) mass is 138 g/mol. The Bertz CT molecular complexity index is 229. The van der Waals surface area contributed by atoms with Gasteiger partial charge in [0.1, 0.15) is 12.2 Å². The van der Waals surface area contributed by atoms with Crippen molar-refractivity contribution >= 4 is 0 Å². The lowest BCUT2D eigenvalue weighted by atomic mass is 10.4. The van der Waals surface area contributed by atoms with Crippen LogP contribution < -0.4 is 0 Å². The highest BCUT2D eigenvalue weighted by molar-refractivity contribution is 4.87. The largest absolute Gasteiger partial charge is 0.297 e. The van der Waals surface area contributed by atoms with Crippen LogP contribution in [-0.2, 0) is 13.1 Å². The SMILES string of the molecule is CN1CCn2ncnc2C1. The van der Waals surface area contributed by atoms with Crippen molar-refractivity contribution in [2.24, 2.45) is 0 Å². The third kappa shape index (κ3) is 0.806. The maximum Gasteiger partial charge on any atom is 0.141 e. The van der Waals surface area contributed by atoms with E-state index in [1.54, 1.807) is 6.33 Å². The zero-order chi connectivity index (χ0) is 6.97. The molecule has 0 spiro atoms. The second kappa shape index (κ2) is 2.05. The van der Waals surface area contributed by atoms with Crippen molar-refractivity contribution < 1.29 is 0 Å². The Morgan fingerprint density at radius 1 is 1.50 bits per heavy atom. The Morgan fingerprint density at radius 2 is 2.40 bits per heavy atom. The zero-order valence-corrected chi connectivity index (χ0v) is 5.99. The molecule has 0 saturated carbocycles. The predicted molar refractivity (Wildman–Crippen MR) is 36.4 cm³/mol. The highest BCUT2D eigenvalue weighted by atomic mass is 15.4. The van der Waals surface area contributed by atoms with Crippen LogP contribution in [0.15, 0.2) is 6.33 Å². The van der Waals surface area contributed by atoms with Crippen molar-refractivity contribution in [3.05, 3.63) is 12.2 Å². The van der Waals surface area contributed by atoms with Gasteiger partial charge in [-0.2, -0.15) is 5.10 Å². The Labute approximate surface area is 59.5 Å². The normalized spacial score (nSPS) is 18.9. The number of hydrogen-bond donors (Lipinski definition) is 0. The molecule has 0 saturated heterocycles. The first-order valence-electron chi connectivity index (χ1n) is 3.41. The lowest BCUT2D eigenvalue weighted by Crippen LogP contribution is -2.30. The van der Waals surface area contributed by atoms with E-state index in [1.165, 1.54) is 0 Å². The van der Waals surface area contributed by atoms with Gasteiger partial charge in [0.25, 0.3) is 0 Å². The van der Waals surface area contributed by atoms with Crippen LogP contribution in [0.25, 0.3) is 0 Å². The molecule has 1 aliphatic rings. The van der Waals surface area contributed by atoms with E-state index in [2.05, 4.69) is 22.0 Å². The third-order valence-corrected chi connectivity index (χ3v) is 1.80. The summed E-state index contributed by atoms with van der Waals surface area (Å²) in [5, 5.41) is 4.07. The van der Waals surface area contributed by atoms with E-state index in [9.17, 15) is 0 Å². The highest BCUT2D eigenvalue weighted by Gasteiger charge is 2.12. The van der Waals surface area contributed by atoms with Gasteiger partial charge in [-0.3, -0.25) is 4.90 Å². The number of rotatable bonds is 0. The summed E-state index contributed by atoms with van der Waals surface area (Å²) in [5.41, 5.74) is 0. The van der Waals surface area contributed by atoms with E-state index in [0.29, 0.717) is 0 Å². The molecule has 10 heavy (non-hydrogen) atoms. The minimum atomic E-state index is 0.931. The van der Waals surface area contributed by atoms with Crippen molar-refractivity contribution in [3.63, 3.8) is 0 Å². The number of nitrogens with zero attached hydrogens (tertiary/aromatic N) is 4. The quantitative estimate of drug-likeness (QED) is 0.494. The average Bonchev–Trinajstić information content (AvgIpc) is 2.33. The van der Waals surface area contributed by atoms with Gasteiger partial charge in [-0.1, -0.05) is 0 Å². The second-order valence-electron chi connectivity index (χ2n) is 2.64. The number of likely N-dealkylation sites (N-methyl/N-ethyl adjacent to an activating group) is 1. The molecule has 0 aliphatic carbocycles. The molecule has 2 rings (SSSR count). The van der Waals surface area contributed by atoms with Crippen LogP contribution in [0.3, 0.4) is 0 Å². The van der Waals surface area contributed by atoms with Gasteiger partial charge in [0.2, 0.25) is 0 Å². The topological polar surface area (TPSA) is 34.0 Å². The van der Waals surface area contributed by atoms with Crippen LogP contribution in [0.5, 0.6) is 0 Å². The molecule has 0 N–H and O–H groups in total. The van der Waals surface area contributed by atoms with Crippen molar-refractivity contribution in [3.8, 4) is 0 Å². The van der Waals surface area contributed by atoms with Crippen molar-refractivity contribution in [2.75, 3.05) is 13.6 Å². The van der Waals surface area contributed by atoms with Gasteiger partial charge in [-0.15, -0.1) is 0 Å². The number of hydrogen-bond acceptors (Lipinski definition) is 3. The Morgan fingerprint density at radius 3 is 3.30 bits per heavy atom. The van der Waals surface area contributed by atoms with E-state index < -0.39 is 0 Å². The van der Waals surface area contributed by atoms with E-state index in [0.717, 1.165) is 25.5 Å². The maximum atomic E-state index is 4.12. The van der Waals surface area contributed by atoms with Gasteiger partial charge in [-0.25, -0.2) is 9.67 Å². The summed E-state index contributed by atoms with van der Waals surface area (Å²) in [6.45, 7) is 2.99. The summed E-state index contributed by atoms with van der Waals surface area (Å²) in [6, 6.07) is 0. The van der Waals surface area contributed by atoms with Gasteiger partial charge in [0.05, 0.1) is 13.1 Å². The molecular formula is C6H10N4. The Kier molecular flexibility index (Phi) is 1.20. The summed E-state index contributed by atoms with van der Waals surface area (Å²) in [7, 11) is 2.10. The highest BCUT2D eigenvalue weighted by Crippen LogP contribution is 2.04. The Balaban J connectivity index is 2.30. The molecule has 1 aromatic heterocycles. The van der Waals surface area contributed by atoms with E-state index >= 15 is 0 Å². The summed E-state index contributed by atoms with van der Waals surface area (Å²) in [5.74, 6) is 1.08. The smallest absolute Gasteiger partial charge is 0.141 e. The van der Waals surface area contributed by atoms with Crippen LogP contribution in [0.1, 0.15) is 5.82 Å².